The van der Waals surface area contributed by atoms with Crippen molar-refractivity contribution < 1.29 is 0 Å². The van der Waals surface area contributed by atoms with Crippen LogP contribution in [-0.2, 0) is 13.6 Å². The van der Waals surface area contributed by atoms with Crippen LogP contribution >= 0.6 is 0 Å². The standard InChI is InChI=1S/C10H20N4/c1-13(2)8-4-6-11-9-10-5-7-12-14(10)3/h5,7,11H,4,6,8-9H2,1-3H3. The van der Waals surface area contributed by atoms with E-state index in [0.29, 0.717) is 0 Å². The van der Waals surface area contributed by atoms with Gasteiger partial charge in [-0.1, -0.05) is 0 Å². The highest BCUT2D eigenvalue weighted by Gasteiger charge is 1.96. The molecule has 0 saturated heterocycles. The number of aromatic nitrogens is 2. The van der Waals surface area contributed by atoms with Gasteiger partial charge in [0.25, 0.3) is 0 Å². The highest BCUT2D eigenvalue weighted by Crippen LogP contribution is 1.94. The van der Waals surface area contributed by atoms with Gasteiger partial charge in [0, 0.05) is 19.8 Å². The van der Waals surface area contributed by atoms with Gasteiger partial charge in [0.15, 0.2) is 0 Å². The maximum absolute atomic E-state index is 4.11. The number of nitrogens with zero attached hydrogens (tertiary/aromatic N) is 3. The van der Waals surface area contributed by atoms with Gasteiger partial charge in [0.05, 0.1) is 5.69 Å². The Morgan fingerprint density at radius 2 is 2.29 bits per heavy atom. The SMILES string of the molecule is CN(C)CCCNCc1ccnn1C. The molecular weight excluding hydrogens is 176 g/mol. The van der Waals surface area contributed by atoms with Crippen LogP contribution < -0.4 is 5.32 Å². The van der Waals surface area contributed by atoms with E-state index in [2.05, 4.69) is 29.4 Å². The molecule has 0 atom stereocenters. The Morgan fingerprint density at radius 1 is 1.50 bits per heavy atom. The molecule has 14 heavy (non-hydrogen) atoms. The third-order valence-electron chi connectivity index (χ3n) is 2.19. The molecule has 1 rings (SSSR count). The molecule has 1 aromatic heterocycles. The van der Waals surface area contributed by atoms with E-state index >= 15 is 0 Å². The van der Waals surface area contributed by atoms with Crippen molar-refractivity contribution >= 4 is 0 Å². The van der Waals surface area contributed by atoms with Gasteiger partial charge in [-0.05, 0) is 39.7 Å². The molecule has 0 aliphatic heterocycles. The summed E-state index contributed by atoms with van der Waals surface area (Å²) in [5, 5.41) is 7.51. The Hall–Kier alpha value is -0.870. The zero-order valence-corrected chi connectivity index (χ0v) is 9.32. The van der Waals surface area contributed by atoms with E-state index in [0.717, 1.165) is 19.6 Å². The molecule has 0 radical (unpaired) electrons. The van der Waals surface area contributed by atoms with Gasteiger partial charge in [0.1, 0.15) is 0 Å². The van der Waals surface area contributed by atoms with Crippen LogP contribution in [0.15, 0.2) is 12.3 Å². The van der Waals surface area contributed by atoms with Crippen LogP contribution in [0.1, 0.15) is 12.1 Å². The van der Waals surface area contributed by atoms with Crippen molar-refractivity contribution in [2.24, 2.45) is 7.05 Å². The van der Waals surface area contributed by atoms with Gasteiger partial charge in [-0.15, -0.1) is 0 Å². The van der Waals surface area contributed by atoms with Crippen molar-refractivity contribution in [1.29, 1.82) is 0 Å². The first kappa shape index (κ1) is 11.2. The minimum Gasteiger partial charge on any atom is -0.311 e. The van der Waals surface area contributed by atoms with Crippen LogP contribution in [0.5, 0.6) is 0 Å². The molecule has 1 heterocycles. The molecule has 0 bridgehead atoms. The van der Waals surface area contributed by atoms with Gasteiger partial charge in [-0.2, -0.15) is 5.10 Å². The molecule has 4 nitrogen and oxygen atoms in total. The van der Waals surface area contributed by atoms with E-state index in [4.69, 9.17) is 0 Å². The van der Waals surface area contributed by atoms with E-state index in [9.17, 15) is 0 Å². The lowest BCUT2D eigenvalue weighted by atomic mass is 10.3. The second kappa shape index (κ2) is 5.78. The summed E-state index contributed by atoms with van der Waals surface area (Å²) in [6.45, 7) is 3.10. The Labute approximate surface area is 85.9 Å². The minimum absolute atomic E-state index is 0.907. The maximum Gasteiger partial charge on any atom is 0.0518 e. The molecule has 0 fully saturated rings. The summed E-state index contributed by atoms with van der Waals surface area (Å²) < 4.78 is 1.90. The highest BCUT2D eigenvalue weighted by molar-refractivity contribution is 4.98. The van der Waals surface area contributed by atoms with Gasteiger partial charge < -0.3 is 10.2 Å². The molecule has 0 unspecified atom stereocenters. The summed E-state index contributed by atoms with van der Waals surface area (Å²) in [7, 11) is 6.17. The number of rotatable bonds is 6. The lowest BCUT2D eigenvalue weighted by Crippen LogP contribution is -2.21. The fourth-order valence-electron chi connectivity index (χ4n) is 1.31. The summed E-state index contributed by atoms with van der Waals surface area (Å²) in [5.74, 6) is 0. The largest absolute Gasteiger partial charge is 0.311 e. The lowest BCUT2D eigenvalue weighted by Gasteiger charge is -2.09. The average molecular weight is 196 g/mol. The zero-order valence-electron chi connectivity index (χ0n) is 9.32. The van der Waals surface area contributed by atoms with Crippen molar-refractivity contribution in [3.05, 3.63) is 18.0 Å². The second-order valence-corrected chi connectivity index (χ2v) is 3.78. The molecule has 80 valence electrons. The van der Waals surface area contributed by atoms with Crippen molar-refractivity contribution in [1.82, 2.24) is 20.0 Å². The van der Waals surface area contributed by atoms with E-state index in [1.165, 1.54) is 12.1 Å². The number of hydrogen-bond donors (Lipinski definition) is 1. The molecule has 0 saturated carbocycles. The van der Waals surface area contributed by atoms with E-state index in [-0.39, 0.29) is 0 Å². The predicted octanol–water partition coefficient (Wildman–Crippen LogP) is 0.461. The van der Waals surface area contributed by atoms with Crippen LogP contribution in [0.3, 0.4) is 0 Å². The van der Waals surface area contributed by atoms with Crippen LogP contribution in [0, 0.1) is 0 Å². The molecule has 0 aliphatic carbocycles. The van der Waals surface area contributed by atoms with E-state index in [1.807, 2.05) is 24.0 Å². The average Bonchev–Trinajstić information content (AvgIpc) is 2.51. The van der Waals surface area contributed by atoms with Gasteiger partial charge >= 0.3 is 0 Å². The van der Waals surface area contributed by atoms with Crippen molar-refractivity contribution in [3.63, 3.8) is 0 Å². The van der Waals surface area contributed by atoms with Crippen molar-refractivity contribution in [2.75, 3.05) is 27.2 Å². The number of nitrogens with one attached hydrogen (secondary N) is 1. The summed E-state index contributed by atoms with van der Waals surface area (Å²) in [4.78, 5) is 2.20. The molecule has 1 N–H and O–H groups in total. The second-order valence-electron chi connectivity index (χ2n) is 3.78. The fraction of sp³-hybridized carbons (Fsp3) is 0.700. The van der Waals surface area contributed by atoms with Crippen LogP contribution in [-0.4, -0.2) is 41.9 Å². The predicted molar refractivity (Wildman–Crippen MR) is 58.1 cm³/mol. The third-order valence-corrected chi connectivity index (χ3v) is 2.19. The van der Waals surface area contributed by atoms with Gasteiger partial charge in [0.2, 0.25) is 0 Å². The topological polar surface area (TPSA) is 33.1 Å². The van der Waals surface area contributed by atoms with Crippen LogP contribution in [0.4, 0.5) is 0 Å². The molecule has 0 aliphatic rings. The van der Waals surface area contributed by atoms with Crippen LogP contribution in [0.25, 0.3) is 0 Å². The summed E-state index contributed by atoms with van der Waals surface area (Å²) in [6, 6.07) is 2.04. The maximum atomic E-state index is 4.11. The molecule has 4 heteroatoms. The Balaban J connectivity index is 2.08. The Bertz CT molecular complexity index is 254. The number of aryl methyl sites for hydroxylation is 1. The lowest BCUT2D eigenvalue weighted by molar-refractivity contribution is 0.393. The van der Waals surface area contributed by atoms with E-state index in [1.54, 1.807) is 0 Å². The first-order valence-electron chi connectivity index (χ1n) is 5.02. The first-order valence-corrected chi connectivity index (χ1v) is 5.02. The first-order chi connectivity index (χ1) is 6.70. The minimum atomic E-state index is 0.907. The molecule has 1 aromatic rings. The summed E-state index contributed by atoms with van der Waals surface area (Å²) in [6.07, 6.45) is 3.02. The monoisotopic (exact) mass is 196 g/mol. The number of hydrogen-bond acceptors (Lipinski definition) is 3. The molecule has 0 amide bonds. The molecule has 0 aromatic carbocycles. The molecular formula is C10H20N4. The van der Waals surface area contributed by atoms with Gasteiger partial charge in [-0.3, -0.25) is 4.68 Å². The quantitative estimate of drug-likeness (QED) is 0.671. The Kier molecular flexibility index (Phi) is 4.62. The summed E-state index contributed by atoms with van der Waals surface area (Å²) in [5.41, 5.74) is 1.23. The van der Waals surface area contributed by atoms with E-state index < -0.39 is 0 Å². The normalized spacial score (nSPS) is 11.1. The summed E-state index contributed by atoms with van der Waals surface area (Å²) >= 11 is 0. The zero-order chi connectivity index (χ0) is 10.4. The Morgan fingerprint density at radius 3 is 2.86 bits per heavy atom. The fourth-order valence-corrected chi connectivity index (χ4v) is 1.31. The van der Waals surface area contributed by atoms with Gasteiger partial charge in [-0.25, -0.2) is 0 Å². The third kappa shape index (κ3) is 3.89. The van der Waals surface area contributed by atoms with Crippen molar-refractivity contribution in [2.45, 2.75) is 13.0 Å². The molecule has 0 spiro atoms. The smallest absolute Gasteiger partial charge is 0.0518 e. The van der Waals surface area contributed by atoms with Crippen LogP contribution in [0.2, 0.25) is 0 Å². The van der Waals surface area contributed by atoms with Crippen molar-refractivity contribution in [3.8, 4) is 0 Å². The highest BCUT2D eigenvalue weighted by atomic mass is 15.3.